The molecule has 0 aromatic heterocycles. The number of nitrogens with zero attached hydrogens (tertiary/aromatic N) is 3. The van der Waals surface area contributed by atoms with Gasteiger partial charge < -0.3 is 9.64 Å². The second-order valence-corrected chi connectivity index (χ2v) is 16.3. The van der Waals surface area contributed by atoms with Crippen LogP contribution < -0.4 is 4.74 Å². The van der Waals surface area contributed by atoms with E-state index in [9.17, 15) is 0 Å². The third kappa shape index (κ3) is 5.21. The van der Waals surface area contributed by atoms with Crippen LogP contribution in [0.3, 0.4) is 0 Å². The Morgan fingerprint density at radius 3 is 1.90 bits per heavy atom. The Morgan fingerprint density at radius 2 is 1.16 bits per heavy atom. The summed E-state index contributed by atoms with van der Waals surface area (Å²) in [5, 5.41) is 0. The van der Waals surface area contributed by atoms with Crippen LogP contribution in [-0.4, -0.2) is 29.2 Å². The summed E-state index contributed by atoms with van der Waals surface area (Å²) in [6, 6.07) is 63.4. The van der Waals surface area contributed by atoms with Crippen molar-refractivity contribution in [2.75, 3.05) is 7.05 Å². The molecule has 7 aromatic carbocycles. The van der Waals surface area contributed by atoms with Crippen LogP contribution in [0.15, 0.2) is 198 Å². The van der Waals surface area contributed by atoms with E-state index in [1.807, 2.05) is 0 Å². The SMILES string of the molecule is CN1C(c2ccccc2)=NC(c2cccc(-c3ccc4c(c3)C3(c5ccccc5-c5ccccc53)C3CC=CCC3(C)O4)c2)=NC1c1ccccc1-c1ccccc1. The molecule has 0 saturated carbocycles. The number of fused-ring (bicyclic) bond motifs is 9. The molecule has 11 rings (SSSR count). The van der Waals surface area contributed by atoms with Gasteiger partial charge in [-0.1, -0.05) is 170 Å². The maximum absolute atomic E-state index is 7.12. The van der Waals surface area contributed by atoms with Crippen molar-refractivity contribution in [1.82, 2.24) is 4.90 Å². The Balaban J connectivity index is 1.07. The molecule has 3 unspecified atom stereocenters. The number of amidine groups is 2. The molecule has 0 bridgehead atoms. The lowest BCUT2D eigenvalue weighted by molar-refractivity contribution is -0.0181. The van der Waals surface area contributed by atoms with Crippen LogP contribution in [0, 0.1) is 5.92 Å². The number of allylic oxidation sites excluding steroid dienone is 1. The van der Waals surface area contributed by atoms with Crippen LogP contribution in [0.4, 0.5) is 0 Å². The lowest BCUT2D eigenvalue weighted by Gasteiger charge is -2.54. The van der Waals surface area contributed by atoms with E-state index in [0.29, 0.717) is 5.84 Å². The fourth-order valence-corrected chi connectivity index (χ4v) is 10.4. The first-order valence-electron chi connectivity index (χ1n) is 20.4. The minimum atomic E-state index is -0.361. The van der Waals surface area contributed by atoms with E-state index in [1.165, 1.54) is 33.4 Å². The highest BCUT2D eigenvalue weighted by Crippen LogP contribution is 2.65. The fourth-order valence-electron chi connectivity index (χ4n) is 10.4. The van der Waals surface area contributed by atoms with Gasteiger partial charge in [-0.25, -0.2) is 9.98 Å². The van der Waals surface area contributed by atoms with Gasteiger partial charge in [-0.2, -0.15) is 0 Å². The Bertz CT molecular complexity index is 2770. The molecule has 4 nitrogen and oxygen atoms in total. The average molecular weight is 750 g/mol. The number of aliphatic imine (C=N–C) groups is 2. The van der Waals surface area contributed by atoms with Gasteiger partial charge in [0.25, 0.3) is 0 Å². The normalized spacial score (nSPS) is 20.9. The topological polar surface area (TPSA) is 37.2 Å². The molecule has 0 fully saturated rings. The fraction of sp³-hybridized carbons (Fsp3) is 0.148. The molecule has 3 atom stereocenters. The summed E-state index contributed by atoms with van der Waals surface area (Å²) in [6.45, 7) is 2.32. The summed E-state index contributed by atoms with van der Waals surface area (Å²) in [5.74, 6) is 2.80. The standard InChI is InChI=1S/C54H43N3O/c1-53-33-16-15-30-49(53)54(45-28-13-11-25-42(45)43-26-12-14-29-46(43)54)47-35-39(31-32-48(47)58-53)38-22-17-23-40(34-38)50-55-51(37-20-7-4-8-21-37)57(2)52(56-50)44-27-10-9-24-41(44)36-18-5-3-6-19-36/h3-29,31-32,34-35,49,52H,30,33H2,1-2H3. The van der Waals surface area contributed by atoms with Crippen LogP contribution >= 0.6 is 0 Å². The van der Waals surface area contributed by atoms with Crippen molar-refractivity contribution in [3.63, 3.8) is 0 Å². The van der Waals surface area contributed by atoms with E-state index in [2.05, 4.69) is 207 Å². The zero-order chi connectivity index (χ0) is 38.8. The van der Waals surface area contributed by atoms with E-state index >= 15 is 0 Å². The molecule has 4 heteroatoms. The largest absolute Gasteiger partial charge is 0.487 e. The Kier molecular flexibility index (Phi) is 7.97. The van der Waals surface area contributed by atoms with Gasteiger partial charge in [0.15, 0.2) is 12.0 Å². The van der Waals surface area contributed by atoms with Crippen molar-refractivity contribution in [1.29, 1.82) is 0 Å². The first-order valence-corrected chi connectivity index (χ1v) is 20.4. The molecular formula is C54H43N3O. The molecule has 1 spiro atoms. The van der Waals surface area contributed by atoms with Gasteiger partial charge >= 0.3 is 0 Å². The highest BCUT2D eigenvalue weighted by atomic mass is 16.5. The number of ether oxygens (including phenoxy) is 1. The third-order valence-electron chi connectivity index (χ3n) is 13.0. The number of benzene rings is 7. The van der Waals surface area contributed by atoms with Gasteiger partial charge in [0.1, 0.15) is 17.2 Å². The van der Waals surface area contributed by atoms with Crippen molar-refractivity contribution < 1.29 is 4.74 Å². The quantitative estimate of drug-likeness (QED) is 0.164. The van der Waals surface area contributed by atoms with Gasteiger partial charge in [0.05, 0.1) is 5.41 Å². The predicted molar refractivity (Wildman–Crippen MR) is 236 cm³/mol. The van der Waals surface area contributed by atoms with Gasteiger partial charge in [-0.3, -0.25) is 0 Å². The molecule has 7 aromatic rings. The minimum absolute atomic E-state index is 0.221. The van der Waals surface area contributed by atoms with Crippen molar-refractivity contribution in [3.05, 3.63) is 221 Å². The van der Waals surface area contributed by atoms with Gasteiger partial charge in [0.2, 0.25) is 0 Å². The monoisotopic (exact) mass is 749 g/mol. The lowest BCUT2D eigenvalue weighted by atomic mass is 9.55. The second kappa shape index (κ2) is 13.4. The van der Waals surface area contributed by atoms with E-state index < -0.39 is 0 Å². The summed E-state index contributed by atoms with van der Waals surface area (Å²) < 4.78 is 7.12. The molecule has 2 heterocycles. The van der Waals surface area contributed by atoms with Crippen molar-refractivity contribution in [2.24, 2.45) is 15.9 Å². The van der Waals surface area contributed by atoms with Crippen LogP contribution in [0.2, 0.25) is 0 Å². The predicted octanol–water partition coefficient (Wildman–Crippen LogP) is 12.3. The molecule has 0 amide bonds. The zero-order valence-electron chi connectivity index (χ0n) is 32.7. The maximum atomic E-state index is 7.12. The number of rotatable bonds is 5. The van der Waals surface area contributed by atoms with Crippen LogP contribution in [-0.2, 0) is 5.41 Å². The highest BCUT2D eigenvalue weighted by Gasteiger charge is 2.60. The number of hydrogen-bond donors (Lipinski definition) is 0. The smallest absolute Gasteiger partial charge is 0.159 e. The minimum Gasteiger partial charge on any atom is -0.487 e. The molecule has 280 valence electrons. The summed E-state index contributed by atoms with van der Waals surface area (Å²) >= 11 is 0. The molecule has 4 aliphatic rings. The van der Waals surface area contributed by atoms with Gasteiger partial charge in [-0.05, 0) is 76.1 Å². The summed E-state index contributed by atoms with van der Waals surface area (Å²) in [6.07, 6.45) is 6.22. The lowest BCUT2D eigenvalue weighted by Crippen LogP contribution is -2.56. The first-order chi connectivity index (χ1) is 28.5. The molecule has 2 aliphatic carbocycles. The third-order valence-corrected chi connectivity index (χ3v) is 13.0. The van der Waals surface area contributed by atoms with Crippen LogP contribution in [0.1, 0.15) is 59.3 Å². The Labute approximate surface area is 340 Å². The van der Waals surface area contributed by atoms with E-state index in [1.54, 1.807) is 0 Å². The summed E-state index contributed by atoms with van der Waals surface area (Å²) in [4.78, 5) is 13.0. The zero-order valence-corrected chi connectivity index (χ0v) is 32.7. The molecular weight excluding hydrogens is 707 g/mol. The van der Waals surface area contributed by atoms with E-state index in [-0.39, 0.29) is 23.1 Å². The maximum Gasteiger partial charge on any atom is 0.159 e. The second-order valence-electron chi connectivity index (χ2n) is 16.3. The summed E-state index contributed by atoms with van der Waals surface area (Å²) in [5.41, 5.74) is 13.7. The van der Waals surface area contributed by atoms with E-state index in [4.69, 9.17) is 14.7 Å². The van der Waals surface area contributed by atoms with Crippen molar-refractivity contribution in [3.8, 4) is 39.1 Å². The first kappa shape index (κ1) is 34.5. The average Bonchev–Trinajstić information content (AvgIpc) is 3.57. The Hall–Kier alpha value is -6.78. The molecule has 58 heavy (non-hydrogen) atoms. The molecule has 2 aliphatic heterocycles. The summed E-state index contributed by atoms with van der Waals surface area (Å²) in [7, 11) is 2.10. The number of hydrogen-bond acceptors (Lipinski definition) is 4. The molecule has 0 saturated heterocycles. The highest BCUT2D eigenvalue weighted by molar-refractivity contribution is 6.13. The molecule has 0 radical (unpaired) electrons. The Morgan fingerprint density at radius 1 is 0.552 bits per heavy atom. The van der Waals surface area contributed by atoms with Gasteiger partial charge in [-0.15, -0.1) is 0 Å². The van der Waals surface area contributed by atoms with Crippen LogP contribution in [0.25, 0.3) is 33.4 Å². The van der Waals surface area contributed by atoms with E-state index in [0.717, 1.165) is 57.8 Å². The van der Waals surface area contributed by atoms with Crippen LogP contribution in [0.5, 0.6) is 5.75 Å². The van der Waals surface area contributed by atoms with Gasteiger partial charge in [0, 0.05) is 41.6 Å². The van der Waals surface area contributed by atoms with Crippen molar-refractivity contribution in [2.45, 2.75) is 36.9 Å². The van der Waals surface area contributed by atoms with Crippen molar-refractivity contribution >= 4 is 11.7 Å². The molecule has 0 N–H and O–H groups in total.